The van der Waals surface area contributed by atoms with Gasteiger partial charge in [0.05, 0.1) is 11.4 Å². The first-order chi connectivity index (χ1) is 14.7. The Balaban J connectivity index is 1.27. The molecule has 0 spiro atoms. The van der Waals surface area contributed by atoms with Crippen molar-refractivity contribution >= 4 is 17.4 Å². The molecular formula is C24H23N3O3. The van der Waals surface area contributed by atoms with Crippen LogP contribution in [0.1, 0.15) is 11.1 Å². The standard InChI is InChI=1S/C24H23N3O3/c28-21-9-5-6-17-12-14-26(16-18(17)21)15-13-25-24(29)27-19-7-1-3-10-22(19)30-23-11-4-2-8-20(23)27/h1-11,28H,12-16H2,(H,25,29). The second-order valence-corrected chi connectivity index (χ2v) is 7.55. The average Bonchev–Trinajstić information content (AvgIpc) is 2.78. The number of fused-ring (bicyclic) bond motifs is 3. The number of hydrogen-bond donors (Lipinski definition) is 2. The average molecular weight is 401 g/mol. The van der Waals surface area contributed by atoms with Crippen LogP contribution in [-0.4, -0.2) is 35.7 Å². The normalized spacial score (nSPS) is 14.9. The van der Waals surface area contributed by atoms with E-state index < -0.39 is 0 Å². The SMILES string of the molecule is O=C(NCCN1CCc2cccc(O)c2C1)N1c2ccccc2Oc2ccccc21. The van der Waals surface area contributed by atoms with Gasteiger partial charge in [-0.25, -0.2) is 4.79 Å². The number of amides is 2. The van der Waals surface area contributed by atoms with Crippen LogP contribution in [0.25, 0.3) is 0 Å². The molecule has 0 fully saturated rings. The van der Waals surface area contributed by atoms with Crippen LogP contribution in [0, 0.1) is 0 Å². The lowest BCUT2D eigenvalue weighted by Crippen LogP contribution is -2.42. The molecule has 2 amide bonds. The number of ether oxygens (including phenoxy) is 1. The lowest BCUT2D eigenvalue weighted by atomic mass is 9.99. The molecule has 5 rings (SSSR count). The van der Waals surface area contributed by atoms with E-state index in [1.54, 1.807) is 11.0 Å². The fraction of sp³-hybridized carbons (Fsp3) is 0.208. The first-order valence-corrected chi connectivity index (χ1v) is 10.2. The molecule has 0 saturated carbocycles. The number of carbonyl (C=O) groups is 1. The molecule has 0 radical (unpaired) electrons. The van der Waals surface area contributed by atoms with E-state index in [0.29, 0.717) is 36.9 Å². The molecule has 0 saturated heterocycles. The van der Waals surface area contributed by atoms with Gasteiger partial charge >= 0.3 is 6.03 Å². The Hall–Kier alpha value is -3.51. The second-order valence-electron chi connectivity index (χ2n) is 7.55. The van der Waals surface area contributed by atoms with Gasteiger partial charge in [0.1, 0.15) is 5.75 Å². The van der Waals surface area contributed by atoms with Crippen LogP contribution in [0.2, 0.25) is 0 Å². The molecule has 6 nitrogen and oxygen atoms in total. The predicted molar refractivity (Wildman–Crippen MR) is 116 cm³/mol. The van der Waals surface area contributed by atoms with Crippen LogP contribution < -0.4 is 15.0 Å². The summed E-state index contributed by atoms with van der Waals surface area (Å²) in [6.07, 6.45) is 0.905. The number of benzene rings is 3. The number of phenolic OH excluding ortho intramolecular Hbond substituents is 1. The van der Waals surface area contributed by atoms with Crippen LogP contribution in [0.5, 0.6) is 17.2 Å². The zero-order valence-electron chi connectivity index (χ0n) is 16.5. The summed E-state index contributed by atoms with van der Waals surface area (Å²) in [5.74, 6) is 1.67. The summed E-state index contributed by atoms with van der Waals surface area (Å²) < 4.78 is 5.95. The molecule has 2 heterocycles. The summed E-state index contributed by atoms with van der Waals surface area (Å²) in [5.41, 5.74) is 3.65. The molecular weight excluding hydrogens is 378 g/mol. The van der Waals surface area contributed by atoms with E-state index in [2.05, 4.69) is 16.3 Å². The van der Waals surface area contributed by atoms with Crippen molar-refractivity contribution in [1.29, 1.82) is 0 Å². The fourth-order valence-corrected chi connectivity index (χ4v) is 4.13. The number of hydrogen-bond acceptors (Lipinski definition) is 4. The van der Waals surface area contributed by atoms with Crippen molar-refractivity contribution in [3.8, 4) is 17.2 Å². The Morgan fingerprint density at radius 2 is 1.67 bits per heavy atom. The summed E-state index contributed by atoms with van der Waals surface area (Å²) in [4.78, 5) is 17.0. The van der Waals surface area contributed by atoms with E-state index in [0.717, 1.165) is 29.9 Å². The number of phenols is 1. The monoisotopic (exact) mass is 401 g/mol. The molecule has 0 aromatic heterocycles. The predicted octanol–water partition coefficient (Wildman–Crippen LogP) is 4.40. The van der Waals surface area contributed by atoms with Crippen LogP contribution in [0.3, 0.4) is 0 Å². The third kappa shape index (κ3) is 3.35. The van der Waals surface area contributed by atoms with Gasteiger partial charge in [0, 0.05) is 31.7 Å². The smallest absolute Gasteiger partial charge is 0.326 e. The molecule has 30 heavy (non-hydrogen) atoms. The Kier molecular flexibility index (Phi) is 4.77. The van der Waals surface area contributed by atoms with Crippen molar-refractivity contribution in [1.82, 2.24) is 10.2 Å². The summed E-state index contributed by atoms with van der Waals surface area (Å²) in [6, 6.07) is 20.6. The maximum atomic E-state index is 13.1. The minimum atomic E-state index is -0.182. The molecule has 0 atom stereocenters. The van der Waals surface area contributed by atoms with Gasteiger partial charge in [-0.05, 0) is 42.3 Å². The van der Waals surface area contributed by atoms with Gasteiger partial charge < -0.3 is 15.2 Å². The molecule has 3 aromatic rings. The third-order valence-electron chi connectivity index (χ3n) is 5.67. The van der Waals surface area contributed by atoms with Gasteiger partial charge in [0.25, 0.3) is 0 Å². The Morgan fingerprint density at radius 3 is 2.40 bits per heavy atom. The van der Waals surface area contributed by atoms with E-state index in [-0.39, 0.29) is 6.03 Å². The van der Waals surface area contributed by atoms with E-state index in [1.807, 2.05) is 54.6 Å². The molecule has 0 aliphatic carbocycles. The van der Waals surface area contributed by atoms with E-state index in [4.69, 9.17) is 4.74 Å². The number of para-hydroxylation sites is 4. The van der Waals surface area contributed by atoms with Crippen molar-refractivity contribution in [3.63, 3.8) is 0 Å². The molecule has 2 aliphatic heterocycles. The first-order valence-electron chi connectivity index (χ1n) is 10.2. The quantitative estimate of drug-likeness (QED) is 0.683. The molecule has 6 heteroatoms. The van der Waals surface area contributed by atoms with E-state index in [9.17, 15) is 9.90 Å². The van der Waals surface area contributed by atoms with Gasteiger partial charge in [-0.15, -0.1) is 0 Å². The summed E-state index contributed by atoms with van der Waals surface area (Å²) in [6.45, 7) is 2.84. The maximum Gasteiger partial charge on any atom is 0.326 e. The van der Waals surface area contributed by atoms with Crippen LogP contribution in [0.4, 0.5) is 16.2 Å². The number of urea groups is 1. The lowest BCUT2D eigenvalue weighted by Gasteiger charge is -2.32. The van der Waals surface area contributed by atoms with Crippen LogP contribution in [-0.2, 0) is 13.0 Å². The fourth-order valence-electron chi connectivity index (χ4n) is 4.13. The van der Waals surface area contributed by atoms with Gasteiger partial charge in [0.2, 0.25) is 0 Å². The summed E-state index contributed by atoms with van der Waals surface area (Å²) >= 11 is 0. The number of carbonyl (C=O) groups excluding carboxylic acids is 1. The molecule has 3 aromatic carbocycles. The first kappa shape index (κ1) is 18.5. The molecule has 2 N–H and O–H groups in total. The topological polar surface area (TPSA) is 65.0 Å². The minimum Gasteiger partial charge on any atom is -0.508 e. The molecule has 0 unspecified atom stereocenters. The molecule has 152 valence electrons. The maximum absolute atomic E-state index is 13.1. The van der Waals surface area contributed by atoms with Crippen molar-refractivity contribution in [2.24, 2.45) is 0 Å². The van der Waals surface area contributed by atoms with Crippen molar-refractivity contribution in [2.45, 2.75) is 13.0 Å². The minimum absolute atomic E-state index is 0.182. The van der Waals surface area contributed by atoms with Gasteiger partial charge in [-0.2, -0.15) is 0 Å². The lowest BCUT2D eigenvalue weighted by molar-refractivity contribution is 0.234. The highest BCUT2D eigenvalue weighted by Crippen LogP contribution is 2.46. The van der Waals surface area contributed by atoms with Gasteiger partial charge in [-0.3, -0.25) is 9.80 Å². The zero-order chi connectivity index (χ0) is 20.5. The Morgan fingerprint density at radius 1 is 0.967 bits per heavy atom. The summed E-state index contributed by atoms with van der Waals surface area (Å²) in [5, 5.41) is 13.2. The van der Waals surface area contributed by atoms with Crippen molar-refractivity contribution < 1.29 is 14.6 Å². The number of rotatable bonds is 3. The summed E-state index contributed by atoms with van der Waals surface area (Å²) in [7, 11) is 0. The zero-order valence-corrected chi connectivity index (χ0v) is 16.5. The number of nitrogens with zero attached hydrogens (tertiary/aromatic N) is 2. The van der Waals surface area contributed by atoms with Gasteiger partial charge in [-0.1, -0.05) is 36.4 Å². The largest absolute Gasteiger partial charge is 0.508 e. The van der Waals surface area contributed by atoms with Crippen molar-refractivity contribution in [2.75, 3.05) is 24.5 Å². The van der Waals surface area contributed by atoms with E-state index >= 15 is 0 Å². The highest BCUT2D eigenvalue weighted by molar-refractivity contribution is 6.03. The second kappa shape index (κ2) is 7.72. The number of anilines is 2. The highest BCUT2D eigenvalue weighted by atomic mass is 16.5. The van der Waals surface area contributed by atoms with Crippen LogP contribution in [0.15, 0.2) is 66.7 Å². The van der Waals surface area contributed by atoms with E-state index in [1.165, 1.54) is 5.56 Å². The highest BCUT2D eigenvalue weighted by Gasteiger charge is 2.28. The molecule has 2 aliphatic rings. The number of aromatic hydroxyl groups is 1. The van der Waals surface area contributed by atoms with Crippen molar-refractivity contribution in [3.05, 3.63) is 77.9 Å². The van der Waals surface area contributed by atoms with Gasteiger partial charge in [0.15, 0.2) is 11.5 Å². The number of nitrogens with one attached hydrogen (secondary N) is 1. The van der Waals surface area contributed by atoms with Crippen LogP contribution >= 0.6 is 0 Å². The Bertz CT molecular complexity index is 1050. The molecule has 0 bridgehead atoms. The third-order valence-corrected chi connectivity index (χ3v) is 5.67. The Labute approximate surface area is 175 Å².